The van der Waals surface area contributed by atoms with Crippen LogP contribution in [0.15, 0.2) is 0 Å². The molecule has 2 heteroatoms. The quantitative estimate of drug-likeness (QED) is 0.637. The molecule has 2 unspecified atom stereocenters. The van der Waals surface area contributed by atoms with E-state index in [2.05, 4.69) is 26.1 Å². The molecule has 1 N–H and O–H groups in total. The molecule has 0 aliphatic rings. The van der Waals surface area contributed by atoms with E-state index in [0.717, 1.165) is 6.42 Å². The first-order valence-electron chi connectivity index (χ1n) is 4.39. The van der Waals surface area contributed by atoms with E-state index in [1.54, 1.807) is 0 Å². The maximum atomic E-state index is 5.86. The lowest BCUT2D eigenvalue weighted by Crippen LogP contribution is -2.30. The van der Waals surface area contributed by atoms with Crippen LogP contribution in [-0.4, -0.2) is 18.5 Å². The molecule has 2 atom stereocenters. The van der Waals surface area contributed by atoms with Gasteiger partial charge in [0.2, 0.25) is 0 Å². The van der Waals surface area contributed by atoms with Gasteiger partial charge < -0.3 is 5.32 Å². The molecule has 0 aromatic rings. The molecule has 0 spiro atoms. The van der Waals surface area contributed by atoms with Crippen LogP contribution in [0, 0.1) is 5.92 Å². The van der Waals surface area contributed by atoms with Crippen LogP contribution in [0.3, 0.4) is 0 Å². The average molecular weight is 178 g/mol. The van der Waals surface area contributed by atoms with E-state index in [4.69, 9.17) is 11.6 Å². The van der Waals surface area contributed by atoms with Crippen LogP contribution in [0.2, 0.25) is 0 Å². The second-order valence-corrected chi connectivity index (χ2v) is 4.24. The molecule has 0 aliphatic carbocycles. The van der Waals surface area contributed by atoms with Crippen molar-refractivity contribution in [3.05, 3.63) is 0 Å². The molecule has 0 aromatic carbocycles. The van der Waals surface area contributed by atoms with Crippen LogP contribution < -0.4 is 5.32 Å². The summed E-state index contributed by atoms with van der Waals surface area (Å²) in [5.74, 6) is 0.704. The Bertz CT molecular complexity index is 91.6. The van der Waals surface area contributed by atoms with Gasteiger partial charge in [-0.25, -0.2) is 0 Å². The van der Waals surface area contributed by atoms with E-state index < -0.39 is 0 Å². The highest BCUT2D eigenvalue weighted by molar-refractivity contribution is 6.20. The summed E-state index contributed by atoms with van der Waals surface area (Å²) in [5, 5.41) is 3.61. The minimum atomic E-state index is 0.310. The van der Waals surface area contributed by atoms with Crippen molar-refractivity contribution in [2.75, 3.05) is 7.05 Å². The van der Waals surface area contributed by atoms with E-state index in [1.165, 1.54) is 6.42 Å². The molecule has 0 bridgehead atoms. The number of alkyl halides is 1. The Morgan fingerprint density at radius 3 is 2.00 bits per heavy atom. The largest absolute Gasteiger partial charge is 0.317 e. The lowest BCUT2D eigenvalue weighted by atomic mass is 9.99. The minimum Gasteiger partial charge on any atom is -0.317 e. The monoisotopic (exact) mass is 177 g/mol. The lowest BCUT2D eigenvalue weighted by molar-refractivity contribution is 0.393. The lowest BCUT2D eigenvalue weighted by Gasteiger charge is -2.20. The summed E-state index contributed by atoms with van der Waals surface area (Å²) in [6.45, 7) is 6.52. The highest BCUT2D eigenvalue weighted by Crippen LogP contribution is 2.12. The van der Waals surface area contributed by atoms with Crippen molar-refractivity contribution in [1.29, 1.82) is 0 Å². The van der Waals surface area contributed by atoms with Crippen LogP contribution in [0.4, 0.5) is 0 Å². The third kappa shape index (κ3) is 5.51. The van der Waals surface area contributed by atoms with Gasteiger partial charge in [0.25, 0.3) is 0 Å². The molecule has 0 rings (SSSR count). The highest BCUT2D eigenvalue weighted by Gasteiger charge is 2.10. The highest BCUT2D eigenvalue weighted by atomic mass is 35.5. The predicted octanol–water partition coefficient (Wildman–Crippen LogP) is 2.64. The van der Waals surface area contributed by atoms with E-state index in [9.17, 15) is 0 Å². The van der Waals surface area contributed by atoms with Crippen molar-refractivity contribution in [2.45, 2.75) is 45.0 Å². The van der Waals surface area contributed by atoms with Gasteiger partial charge in [0.05, 0.1) is 0 Å². The smallest absolute Gasteiger partial charge is 0.0308 e. The fourth-order valence-corrected chi connectivity index (χ4v) is 1.35. The zero-order valence-electron chi connectivity index (χ0n) is 8.02. The molecular weight excluding hydrogens is 158 g/mol. The van der Waals surface area contributed by atoms with Gasteiger partial charge in [-0.3, -0.25) is 0 Å². The summed E-state index contributed by atoms with van der Waals surface area (Å²) in [5.41, 5.74) is 0. The molecule has 1 nitrogen and oxygen atoms in total. The second kappa shape index (κ2) is 5.84. The number of rotatable bonds is 5. The van der Waals surface area contributed by atoms with Gasteiger partial charge in [-0.15, -0.1) is 11.6 Å². The standard InChI is InChI=1S/C9H20ClN/c1-7(2)9(11-4)6-5-8(3)10/h7-9,11H,5-6H2,1-4H3. The van der Waals surface area contributed by atoms with Gasteiger partial charge in [-0.1, -0.05) is 13.8 Å². The molecule has 0 aliphatic heterocycles. The Morgan fingerprint density at radius 1 is 1.18 bits per heavy atom. The summed E-state index contributed by atoms with van der Waals surface area (Å²) in [6, 6.07) is 0.621. The molecule has 0 amide bonds. The number of halogens is 1. The van der Waals surface area contributed by atoms with Crippen molar-refractivity contribution in [3.63, 3.8) is 0 Å². The van der Waals surface area contributed by atoms with Crippen LogP contribution in [0.25, 0.3) is 0 Å². The molecule has 0 fully saturated rings. The normalized spacial score (nSPS) is 16.9. The number of hydrogen-bond acceptors (Lipinski definition) is 1. The Balaban J connectivity index is 3.52. The minimum absolute atomic E-state index is 0.310. The summed E-state index contributed by atoms with van der Waals surface area (Å²) >= 11 is 5.86. The summed E-state index contributed by atoms with van der Waals surface area (Å²) in [7, 11) is 2.02. The molecule has 0 aromatic heterocycles. The van der Waals surface area contributed by atoms with Crippen LogP contribution in [0.5, 0.6) is 0 Å². The van der Waals surface area contributed by atoms with Crippen molar-refractivity contribution in [2.24, 2.45) is 5.92 Å². The van der Waals surface area contributed by atoms with Gasteiger partial charge >= 0.3 is 0 Å². The SMILES string of the molecule is CNC(CCC(C)Cl)C(C)C. The first-order valence-corrected chi connectivity index (χ1v) is 4.83. The molecule has 0 saturated heterocycles. The number of hydrogen-bond donors (Lipinski definition) is 1. The molecule has 68 valence electrons. The van der Waals surface area contributed by atoms with Crippen LogP contribution in [-0.2, 0) is 0 Å². The average Bonchev–Trinajstić information content (AvgIpc) is 1.87. The third-order valence-corrected chi connectivity index (χ3v) is 2.27. The molecule has 0 radical (unpaired) electrons. The van der Waals surface area contributed by atoms with Crippen LogP contribution >= 0.6 is 11.6 Å². The van der Waals surface area contributed by atoms with Gasteiger partial charge in [-0.2, -0.15) is 0 Å². The van der Waals surface area contributed by atoms with Crippen molar-refractivity contribution < 1.29 is 0 Å². The fraction of sp³-hybridized carbons (Fsp3) is 1.00. The summed E-state index contributed by atoms with van der Waals surface area (Å²) in [4.78, 5) is 0. The number of nitrogens with one attached hydrogen (secondary N) is 1. The van der Waals surface area contributed by atoms with E-state index >= 15 is 0 Å². The van der Waals surface area contributed by atoms with E-state index in [0.29, 0.717) is 17.3 Å². The zero-order chi connectivity index (χ0) is 8.85. The van der Waals surface area contributed by atoms with Crippen molar-refractivity contribution in [3.8, 4) is 0 Å². The van der Waals surface area contributed by atoms with E-state index in [1.807, 2.05) is 7.05 Å². The molecule has 0 saturated carbocycles. The van der Waals surface area contributed by atoms with Crippen molar-refractivity contribution in [1.82, 2.24) is 5.32 Å². The zero-order valence-corrected chi connectivity index (χ0v) is 8.78. The molecule has 11 heavy (non-hydrogen) atoms. The van der Waals surface area contributed by atoms with Gasteiger partial charge in [0, 0.05) is 11.4 Å². The molecular formula is C9H20ClN. The summed E-state index contributed by atoms with van der Waals surface area (Å²) in [6.07, 6.45) is 2.28. The van der Waals surface area contributed by atoms with Crippen LogP contribution in [0.1, 0.15) is 33.6 Å². The maximum Gasteiger partial charge on any atom is 0.0308 e. The first kappa shape index (κ1) is 11.2. The van der Waals surface area contributed by atoms with Gasteiger partial charge in [0.1, 0.15) is 0 Å². The molecule has 0 heterocycles. The Kier molecular flexibility index (Phi) is 5.98. The summed E-state index contributed by atoms with van der Waals surface area (Å²) < 4.78 is 0. The van der Waals surface area contributed by atoms with Gasteiger partial charge in [-0.05, 0) is 32.7 Å². The Morgan fingerprint density at radius 2 is 1.73 bits per heavy atom. The Labute approximate surface area is 75.5 Å². The topological polar surface area (TPSA) is 12.0 Å². The second-order valence-electron chi connectivity index (χ2n) is 3.50. The third-order valence-electron chi connectivity index (χ3n) is 2.05. The van der Waals surface area contributed by atoms with Gasteiger partial charge in [0.15, 0.2) is 0 Å². The van der Waals surface area contributed by atoms with E-state index in [-0.39, 0.29) is 0 Å². The Hall–Kier alpha value is 0.250. The predicted molar refractivity (Wildman–Crippen MR) is 52.2 cm³/mol. The maximum absolute atomic E-state index is 5.86. The fourth-order valence-electron chi connectivity index (χ4n) is 1.22. The first-order chi connectivity index (χ1) is 5.07. The van der Waals surface area contributed by atoms with Crippen molar-refractivity contribution >= 4 is 11.6 Å².